The van der Waals surface area contributed by atoms with Crippen LogP contribution in [0.2, 0.25) is 0 Å². The summed E-state index contributed by atoms with van der Waals surface area (Å²) in [6.07, 6.45) is 8.48. The number of piperidine rings is 1. The van der Waals surface area contributed by atoms with E-state index in [2.05, 4.69) is 29.7 Å². The summed E-state index contributed by atoms with van der Waals surface area (Å²) in [7, 11) is 0. The third-order valence-corrected chi connectivity index (χ3v) is 4.83. The van der Waals surface area contributed by atoms with Crippen molar-refractivity contribution in [2.24, 2.45) is 5.92 Å². The highest BCUT2D eigenvalue weighted by Gasteiger charge is 2.40. The lowest BCUT2D eigenvalue weighted by atomic mass is 9.92. The molecule has 0 saturated carbocycles. The molecule has 7 heteroatoms. The monoisotopic (exact) mass is 314 g/mol. The lowest BCUT2D eigenvalue weighted by molar-refractivity contribution is 0.385. The first-order chi connectivity index (χ1) is 11.2. The van der Waals surface area contributed by atoms with Gasteiger partial charge < -0.3 is 9.80 Å². The molecule has 0 N–H and O–H groups in total. The number of fused-ring (bicyclic) bond motifs is 1. The summed E-state index contributed by atoms with van der Waals surface area (Å²) >= 11 is 0. The minimum absolute atomic E-state index is 0.248. The predicted molar refractivity (Wildman–Crippen MR) is 84.8 cm³/mol. The largest absolute Gasteiger partial charge is 0.349 e. The van der Waals surface area contributed by atoms with E-state index in [9.17, 15) is 4.39 Å². The molecule has 2 aromatic rings. The summed E-state index contributed by atoms with van der Waals surface area (Å²) in [5.74, 6) is 1.39. The quantitative estimate of drug-likeness (QED) is 0.843. The molecule has 2 fully saturated rings. The van der Waals surface area contributed by atoms with Crippen LogP contribution in [0.3, 0.4) is 0 Å². The van der Waals surface area contributed by atoms with Gasteiger partial charge in [-0.15, -0.1) is 0 Å². The number of nitrogens with zero attached hydrogens (tertiary/aromatic N) is 6. The van der Waals surface area contributed by atoms with Gasteiger partial charge in [-0.2, -0.15) is 0 Å². The Balaban J connectivity index is 1.58. The van der Waals surface area contributed by atoms with Gasteiger partial charge in [-0.1, -0.05) is 0 Å². The number of anilines is 2. The van der Waals surface area contributed by atoms with Gasteiger partial charge in [0, 0.05) is 32.0 Å². The summed E-state index contributed by atoms with van der Waals surface area (Å²) in [5, 5.41) is 0. The van der Waals surface area contributed by atoms with Gasteiger partial charge in [0.05, 0.1) is 12.2 Å². The van der Waals surface area contributed by atoms with Crippen LogP contribution in [0.25, 0.3) is 0 Å². The summed E-state index contributed by atoms with van der Waals surface area (Å²) in [4.78, 5) is 21.0. The van der Waals surface area contributed by atoms with E-state index in [-0.39, 0.29) is 11.9 Å². The first-order valence-corrected chi connectivity index (χ1v) is 7.98. The second-order valence-corrected chi connectivity index (χ2v) is 6.30. The molecular formula is C16H19FN6. The number of rotatable bonds is 2. The van der Waals surface area contributed by atoms with Gasteiger partial charge in [-0.25, -0.2) is 24.3 Å². The zero-order chi connectivity index (χ0) is 15.8. The van der Waals surface area contributed by atoms with Gasteiger partial charge in [0.2, 0.25) is 5.95 Å². The van der Waals surface area contributed by atoms with E-state index in [0.29, 0.717) is 11.7 Å². The fraction of sp³-hybridized carbons (Fsp3) is 0.500. The standard InChI is InChI=1S/C16H19FN6/c1-11-6-19-16(20-7-11)22-4-2-12-3-5-23(14(12)9-22)15-13(17)8-18-10-21-15/h6-8,10,12,14H,2-5,9H2,1H3. The van der Waals surface area contributed by atoms with Crippen LogP contribution in [0.1, 0.15) is 18.4 Å². The van der Waals surface area contributed by atoms with E-state index in [4.69, 9.17) is 0 Å². The Bertz CT molecular complexity index is 691. The van der Waals surface area contributed by atoms with E-state index in [1.54, 1.807) is 0 Å². The number of aryl methyl sites for hydroxylation is 1. The van der Waals surface area contributed by atoms with E-state index in [1.165, 1.54) is 12.5 Å². The summed E-state index contributed by atoms with van der Waals surface area (Å²) in [6, 6.07) is 0.248. The number of halogens is 1. The highest BCUT2D eigenvalue weighted by Crippen LogP contribution is 2.35. The third-order valence-electron chi connectivity index (χ3n) is 4.83. The second kappa shape index (κ2) is 5.72. The van der Waals surface area contributed by atoms with Crippen LogP contribution in [0.4, 0.5) is 16.2 Å². The van der Waals surface area contributed by atoms with E-state index >= 15 is 0 Å². The molecule has 23 heavy (non-hydrogen) atoms. The van der Waals surface area contributed by atoms with Gasteiger partial charge in [-0.05, 0) is 31.2 Å². The molecule has 2 unspecified atom stereocenters. The molecule has 4 rings (SSSR count). The van der Waals surface area contributed by atoms with Crippen molar-refractivity contribution in [2.75, 3.05) is 29.4 Å². The Hall–Kier alpha value is -2.31. The summed E-state index contributed by atoms with van der Waals surface area (Å²) in [6.45, 7) is 4.57. The van der Waals surface area contributed by atoms with Gasteiger partial charge >= 0.3 is 0 Å². The Morgan fingerprint density at radius 3 is 2.65 bits per heavy atom. The fourth-order valence-electron chi connectivity index (χ4n) is 3.65. The molecule has 0 bridgehead atoms. The van der Waals surface area contributed by atoms with E-state index in [1.807, 2.05) is 19.3 Å². The van der Waals surface area contributed by atoms with Crippen LogP contribution in [0.5, 0.6) is 0 Å². The maximum absolute atomic E-state index is 14.1. The van der Waals surface area contributed by atoms with Gasteiger partial charge in [0.25, 0.3) is 0 Å². The molecule has 0 amide bonds. The van der Waals surface area contributed by atoms with Crippen molar-refractivity contribution in [1.29, 1.82) is 0 Å². The smallest absolute Gasteiger partial charge is 0.225 e. The van der Waals surface area contributed by atoms with E-state index < -0.39 is 0 Å². The van der Waals surface area contributed by atoms with Gasteiger partial charge in [0.15, 0.2) is 11.6 Å². The topological polar surface area (TPSA) is 58.0 Å². The van der Waals surface area contributed by atoms with Gasteiger partial charge in [0.1, 0.15) is 6.33 Å². The normalized spacial score (nSPS) is 23.9. The average molecular weight is 314 g/mol. The van der Waals surface area contributed by atoms with Gasteiger partial charge in [-0.3, -0.25) is 0 Å². The molecular weight excluding hydrogens is 295 g/mol. The molecule has 2 aromatic heterocycles. The van der Waals surface area contributed by atoms with Crippen molar-refractivity contribution in [3.8, 4) is 0 Å². The molecule has 120 valence electrons. The zero-order valence-electron chi connectivity index (χ0n) is 13.1. The first kappa shape index (κ1) is 14.3. The van der Waals surface area contributed by atoms with Crippen LogP contribution >= 0.6 is 0 Å². The van der Waals surface area contributed by atoms with Crippen molar-refractivity contribution >= 4 is 11.8 Å². The van der Waals surface area contributed by atoms with Crippen molar-refractivity contribution in [3.63, 3.8) is 0 Å². The number of aromatic nitrogens is 4. The highest BCUT2D eigenvalue weighted by atomic mass is 19.1. The maximum atomic E-state index is 14.1. The Kier molecular flexibility index (Phi) is 3.55. The molecule has 2 aliphatic heterocycles. The van der Waals surface area contributed by atoms with E-state index in [0.717, 1.165) is 44.0 Å². The first-order valence-electron chi connectivity index (χ1n) is 7.98. The molecule has 0 aromatic carbocycles. The van der Waals surface area contributed by atoms with Crippen LogP contribution in [0.15, 0.2) is 24.9 Å². The van der Waals surface area contributed by atoms with Crippen LogP contribution in [-0.4, -0.2) is 45.6 Å². The average Bonchev–Trinajstić information content (AvgIpc) is 2.99. The van der Waals surface area contributed by atoms with Crippen molar-refractivity contribution in [3.05, 3.63) is 36.3 Å². The predicted octanol–water partition coefficient (Wildman–Crippen LogP) is 1.82. The van der Waals surface area contributed by atoms with Crippen molar-refractivity contribution in [2.45, 2.75) is 25.8 Å². The zero-order valence-corrected chi connectivity index (χ0v) is 13.1. The van der Waals surface area contributed by atoms with Crippen LogP contribution in [-0.2, 0) is 0 Å². The molecule has 4 heterocycles. The highest BCUT2D eigenvalue weighted by molar-refractivity contribution is 5.44. The minimum Gasteiger partial charge on any atom is -0.349 e. The molecule has 2 aliphatic rings. The Labute approximate surface area is 134 Å². The number of hydrogen-bond acceptors (Lipinski definition) is 6. The molecule has 2 saturated heterocycles. The maximum Gasteiger partial charge on any atom is 0.225 e. The number of hydrogen-bond donors (Lipinski definition) is 0. The Morgan fingerprint density at radius 2 is 1.87 bits per heavy atom. The van der Waals surface area contributed by atoms with Crippen molar-refractivity contribution < 1.29 is 4.39 Å². The molecule has 0 aliphatic carbocycles. The van der Waals surface area contributed by atoms with Crippen LogP contribution in [0, 0.1) is 18.7 Å². The van der Waals surface area contributed by atoms with Crippen LogP contribution < -0.4 is 9.80 Å². The molecule has 6 nitrogen and oxygen atoms in total. The third kappa shape index (κ3) is 2.60. The minimum atomic E-state index is -0.350. The summed E-state index contributed by atoms with van der Waals surface area (Å²) in [5.41, 5.74) is 1.05. The second-order valence-electron chi connectivity index (χ2n) is 6.30. The summed E-state index contributed by atoms with van der Waals surface area (Å²) < 4.78 is 14.1. The molecule has 0 spiro atoms. The lowest BCUT2D eigenvalue weighted by Crippen LogP contribution is -2.49. The SMILES string of the molecule is Cc1cnc(N2CCC3CCN(c4ncncc4F)C3C2)nc1. The Morgan fingerprint density at radius 1 is 1.09 bits per heavy atom. The van der Waals surface area contributed by atoms with Crippen molar-refractivity contribution in [1.82, 2.24) is 19.9 Å². The molecule has 2 atom stereocenters. The molecule has 0 radical (unpaired) electrons. The fourth-order valence-corrected chi connectivity index (χ4v) is 3.65. The lowest BCUT2D eigenvalue weighted by Gasteiger charge is -2.38.